The molecule has 0 bridgehead atoms. The van der Waals surface area contributed by atoms with Gasteiger partial charge in [0.1, 0.15) is 0 Å². The lowest BCUT2D eigenvalue weighted by atomic mass is 10.0. The first kappa shape index (κ1) is 7.71. The highest BCUT2D eigenvalue weighted by Crippen LogP contribution is 2.41. The molecule has 12 heavy (non-hydrogen) atoms. The van der Waals surface area contributed by atoms with Crippen molar-refractivity contribution in [2.24, 2.45) is 5.92 Å². The molecule has 2 rings (SSSR count). The van der Waals surface area contributed by atoms with E-state index in [1.807, 2.05) is 6.07 Å². The number of halogens is 1. The Bertz CT molecular complexity index is 281. The van der Waals surface area contributed by atoms with Crippen molar-refractivity contribution in [1.29, 1.82) is 0 Å². The molecule has 2 heteroatoms. The summed E-state index contributed by atoms with van der Waals surface area (Å²) in [6.45, 7) is 2.12. The molecule has 0 saturated heterocycles. The van der Waals surface area contributed by atoms with E-state index in [-0.39, 0.29) is 5.95 Å². The summed E-state index contributed by atoms with van der Waals surface area (Å²) in [6, 6.07) is 5.03. The van der Waals surface area contributed by atoms with Crippen molar-refractivity contribution < 1.29 is 4.39 Å². The van der Waals surface area contributed by atoms with Gasteiger partial charge < -0.3 is 0 Å². The van der Waals surface area contributed by atoms with Gasteiger partial charge in [-0.3, -0.25) is 0 Å². The van der Waals surface area contributed by atoms with Crippen LogP contribution in [-0.4, -0.2) is 4.98 Å². The molecule has 1 saturated carbocycles. The Morgan fingerprint density at radius 1 is 1.50 bits per heavy atom. The molecule has 0 unspecified atom stereocenters. The average Bonchev–Trinajstić information content (AvgIpc) is 2.85. The van der Waals surface area contributed by atoms with Gasteiger partial charge in [-0.05, 0) is 30.9 Å². The predicted octanol–water partition coefficient (Wildman–Crippen LogP) is 2.73. The van der Waals surface area contributed by atoms with E-state index in [0.29, 0.717) is 5.92 Å². The third-order valence-corrected chi connectivity index (χ3v) is 2.53. The predicted molar refractivity (Wildman–Crippen MR) is 45.3 cm³/mol. The van der Waals surface area contributed by atoms with E-state index in [4.69, 9.17) is 0 Å². The number of hydrogen-bond acceptors (Lipinski definition) is 1. The fraction of sp³-hybridized carbons (Fsp3) is 0.500. The molecule has 0 N–H and O–H groups in total. The third-order valence-electron chi connectivity index (χ3n) is 2.53. The van der Waals surface area contributed by atoms with Crippen LogP contribution in [0.25, 0.3) is 0 Å². The second-order valence-electron chi connectivity index (χ2n) is 3.51. The number of aromatic nitrogens is 1. The van der Waals surface area contributed by atoms with Gasteiger partial charge in [-0.2, -0.15) is 4.39 Å². The average molecular weight is 165 g/mol. The monoisotopic (exact) mass is 165 g/mol. The standard InChI is InChI=1S/C10H12FN/c1-7(8-5-6-8)9-3-2-4-10(11)12-9/h2-4,7-8H,5-6H2,1H3/t7-/m0/s1. The van der Waals surface area contributed by atoms with E-state index in [2.05, 4.69) is 11.9 Å². The minimum Gasteiger partial charge on any atom is -0.225 e. The highest BCUT2D eigenvalue weighted by Gasteiger charge is 2.29. The molecular weight excluding hydrogens is 153 g/mol. The van der Waals surface area contributed by atoms with Gasteiger partial charge in [0.2, 0.25) is 5.95 Å². The number of nitrogens with zero attached hydrogens (tertiary/aromatic N) is 1. The summed E-state index contributed by atoms with van der Waals surface area (Å²) in [6.07, 6.45) is 2.55. The largest absolute Gasteiger partial charge is 0.225 e. The number of pyridine rings is 1. The molecule has 1 aliphatic rings. The van der Waals surface area contributed by atoms with E-state index in [9.17, 15) is 4.39 Å². The molecule has 1 aromatic heterocycles. The van der Waals surface area contributed by atoms with Crippen molar-refractivity contribution in [3.8, 4) is 0 Å². The summed E-state index contributed by atoms with van der Waals surface area (Å²) in [5.41, 5.74) is 0.900. The molecular formula is C10H12FN. The van der Waals surface area contributed by atoms with E-state index < -0.39 is 0 Å². The van der Waals surface area contributed by atoms with Crippen LogP contribution in [0.4, 0.5) is 4.39 Å². The molecule has 1 nitrogen and oxygen atoms in total. The molecule has 1 aliphatic carbocycles. The topological polar surface area (TPSA) is 12.9 Å². The van der Waals surface area contributed by atoms with Crippen molar-refractivity contribution in [3.05, 3.63) is 29.8 Å². The lowest BCUT2D eigenvalue weighted by molar-refractivity contribution is 0.556. The van der Waals surface area contributed by atoms with Gasteiger partial charge in [0.15, 0.2) is 0 Å². The van der Waals surface area contributed by atoms with Crippen LogP contribution in [0.2, 0.25) is 0 Å². The molecule has 0 amide bonds. The number of hydrogen-bond donors (Lipinski definition) is 0. The van der Waals surface area contributed by atoms with Crippen LogP contribution < -0.4 is 0 Å². The van der Waals surface area contributed by atoms with E-state index in [1.54, 1.807) is 6.07 Å². The lowest BCUT2D eigenvalue weighted by Crippen LogP contribution is -1.99. The van der Waals surface area contributed by atoms with Crippen LogP contribution in [0, 0.1) is 11.9 Å². The Morgan fingerprint density at radius 2 is 2.25 bits per heavy atom. The van der Waals surface area contributed by atoms with Crippen LogP contribution >= 0.6 is 0 Å². The summed E-state index contributed by atoms with van der Waals surface area (Å²) in [4.78, 5) is 3.87. The fourth-order valence-electron chi connectivity index (χ4n) is 1.52. The van der Waals surface area contributed by atoms with Crippen molar-refractivity contribution in [3.63, 3.8) is 0 Å². The van der Waals surface area contributed by atoms with Crippen LogP contribution in [0.15, 0.2) is 18.2 Å². The minimum atomic E-state index is -0.361. The van der Waals surface area contributed by atoms with Crippen LogP contribution in [0.1, 0.15) is 31.4 Å². The van der Waals surface area contributed by atoms with Crippen molar-refractivity contribution in [2.45, 2.75) is 25.7 Å². The van der Waals surface area contributed by atoms with Gasteiger partial charge in [0, 0.05) is 11.6 Å². The van der Waals surface area contributed by atoms with E-state index >= 15 is 0 Å². The summed E-state index contributed by atoms with van der Waals surface area (Å²) in [5, 5.41) is 0. The maximum atomic E-state index is 12.7. The Morgan fingerprint density at radius 3 is 2.83 bits per heavy atom. The smallest absolute Gasteiger partial charge is 0.213 e. The first-order chi connectivity index (χ1) is 5.77. The molecule has 1 atom stereocenters. The Balaban J connectivity index is 2.20. The SMILES string of the molecule is C[C@H](c1cccc(F)n1)C1CC1. The summed E-state index contributed by atoms with van der Waals surface area (Å²) in [5.74, 6) is 0.819. The molecule has 0 spiro atoms. The summed E-state index contributed by atoms with van der Waals surface area (Å²) < 4.78 is 12.7. The Labute approximate surface area is 71.6 Å². The zero-order valence-corrected chi connectivity index (χ0v) is 7.13. The van der Waals surface area contributed by atoms with Gasteiger partial charge >= 0.3 is 0 Å². The third kappa shape index (κ3) is 1.47. The molecule has 1 heterocycles. The van der Waals surface area contributed by atoms with E-state index in [1.165, 1.54) is 18.9 Å². The van der Waals surface area contributed by atoms with Crippen LogP contribution in [0.5, 0.6) is 0 Å². The van der Waals surface area contributed by atoms with Gasteiger partial charge in [-0.1, -0.05) is 13.0 Å². The Hall–Kier alpha value is -0.920. The Kier molecular flexibility index (Phi) is 1.83. The second kappa shape index (κ2) is 2.85. The minimum absolute atomic E-state index is 0.361. The second-order valence-corrected chi connectivity index (χ2v) is 3.51. The first-order valence-corrected chi connectivity index (χ1v) is 4.40. The van der Waals surface area contributed by atoms with Crippen LogP contribution in [-0.2, 0) is 0 Å². The van der Waals surface area contributed by atoms with Crippen molar-refractivity contribution in [1.82, 2.24) is 4.98 Å². The van der Waals surface area contributed by atoms with E-state index in [0.717, 1.165) is 11.6 Å². The maximum Gasteiger partial charge on any atom is 0.213 e. The zero-order chi connectivity index (χ0) is 8.55. The van der Waals surface area contributed by atoms with Crippen molar-refractivity contribution in [2.75, 3.05) is 0 Å². The molecule has 1 aromatic rings. The van der Waals surface area contributed by atoms with Crippen LogP contribution in [0.3, 0.4) is 0 Å². The van der Waals surface area contributed by atoms with Crippen molar-refractivity contribution >= 4 is 0 Å². The van der Waals surface area contributed by atoms with Gasteiger partial charge in [-0.25, -0.2) is 4.98 Å². The maximum absolute atomic E-state index is 12.7. The summed E-state index contributed by atoms with van der Waals surface area (Å²) >= 11 is 0. The van der Waals surface area contributed by atoms with Gasteiger partial charge in [-0.15, -0.1) is 0 Å². The molecule has 0 aliphatic heterocycles. The zero-order valence-electron chi connectivity index (χ0n) is 7.13. The first-order valence-electron chi connectivity index (χ1n) is 4.40. The highest BCUT2D eigenvalue weighted by atomic mass is 19.1. The lowest BCUT2D eigenvalue weighted by Gasteiger charge is -2.07. The quantitative estimate of drug-likeness (QED) is 0.614. The molecule has 64 valence electrons. The normalized spacial score (nSPS) is 19.2. The molecule has 1 fully saturated rings. The van der Waals surface area contributed by atoms with Gasteiger partial charge in [0.25, 0.3) is 0 Å². The fourth-order valence-corrected chi connectivity index (χ4v) is 1.52. The summed E-state index contributed by atoms with van der Waals surface area (Å²) in [7, 11) is 0. The molecule has 0 radical (unpaired) electrons. The van der Waals surface area contributed by atoms with Gasteiger partial charge in [0.05, 0.1) is 0 Å². The highest BCUT2D eigenvalue weighted by molar-refractivity contribution is 5.12. The molecule has 0 aromatic carbocycles. The number of rotatable bonds is 2.